The summed E-state index contributed by atoms with van der Waals surface area (Å²) >= 11 is 0. The normalized spacial score (nSPS) is 23.2. The van der Waals surface area contributed by atoms with E-state index in [0.717, 1.165) is 31.6 Å². The summed E-state index contributed by atoms with van der Waals surface area (Å²) < 4.78 is 5.92. The average Bonchev–Trinajstić information content (AvgIpc) is 2.32. The minimum absolute atomic E-state index is 0.414. The number of rotatable bonds is 6. The van der Waals surface area contributed by atoms with Crippen molar-refractivity contribution in [2.24, 2.45) is 0 Å². The molecule has 1 fully saturated rings. The molecule has 0 atom stereocenters. The minimum Gasteiger partial charge on any atom is -0.490 e. The second kappa shape index (κ2) is 6.06. The number of hydrogen-bond acceptors (Lipinski definition) is 2. The van der Waals surface area contributed by atoms with Gasteiger partial charge in [-0.1, -0.05) is 26.0 Å². The van der Waals surface area contributed by atoms with Gasteiger partial charge in [-0.2, -0.15) is 0 Å². The standard InChI is InChI=1S/C15H23NO/c1-3-9-16-13-10-15(11-13)17-14-7-5-12(4-2)6-8-14/h5-8,13,15-16H,3-4,9-11H2,1-2H3. The van der Waals surface area contributed by atoms with Gasteiger partial charge in [-0.15, -0.1) is 0 Å². The fourth-order valence-electron chi connectivity index (χ4n) is 2.17. The van der Waals surface area contributed by atoms with Gasteiger partial charge in [0, 0.05) is 6.04 Å². The van der Waals surface area contributed by atoms with Gasteiger partial charge in [-0.05, 0) is 49.9 Å². The van der Waals surface area contributed by atoms with Crippen LogP contribution in [-0.4, -0.2) is 18.7 Å². The van der Waals surface area contributed by atoms with Crippen LogP contribution in [0.2, 0.25) is 0 Å². The number of aryl methyl sites for hydroxylation is 1. The van der Waals surface area contributed by atoms with Crippen molar-refractivity contribution in [1.82, 2.24) is 5.32 Å². The first-order valence-corrected chi connectivity index (χ1v) is 6.80. The molecule has 1 aromatic rings. The van der Waals surface area contributed by atoms with Crippen LogP contribution < -0.4 is 10.1 Å². The van der Waals surface area contributed by atoms with Crippen molar-refractivity contribution in [2.45, 2.75) is 51.7 Å². The van der Waals surface area contributed by atoms with E-state index >= 15 is 0 Å². The van der Waals surface area contributed by atoms with Crippen LogP contribution in [0.5, 0.6) is 5.75 Å². The third kappa shape index (κ3) is 3.47. The Morgan fingerprint density at radius 1 is 1.18 bits per heavy atom. The molecule has 1 aromatic carbocycles. The van der Waals surface area contributed by atoms with Gasteiger partial charge in [0.15, 0.2) is 0 Å². The fraction of sp³-hybridized carbons (Fsp3) is 0.600. The number of benzene rings is 1. The molecule has 2 heteroatoms. The van der Waals surface area contributed by atoms with Gasteiger partial charge in [0.05, 0.1) is 0 Å². The molecule has 0 heterocycles. The van der Waals surface area contributed by atoms with E-state index in [1.807, 2.05) is 0 Å². The summed E-state index contributed by atoms with van der Waals surface area (Å²) in [6.07, 6.45) is 5.01. The molecule has 1 N–H and O–H groups in total. The zero-order chi connectivity index (χ0) is 12.1. The van der Waals surface area contributed by atoms with E-state index in [2.05, 4.69) is 43.4 Å². The molecule has 1 saturated carbocycles. The van der Waals surface area contributed by atoms with Crippen LogP contribution in [-0.2, 0) is 6.42 Å². The molecule has 0 unspecified atom stereocenters. The van der Waals surface area contributed by atoms with E-state index < -0.39 is 0 Å². The van der Waals surface area contributed by atoms with Gasteiger partial charge >= 0.3 is 0 Å². The summed E-state index contributed by atoms with van der Waals surface area (Å²) in [6.45, 7) is 5.50. The van der Waals surface area contributed by atoms with Crippen LogP contribution in [0.4, 0.5) is 0 Å². The Balaban J connectivity index is 1.72. The molecule has 0 spiro atoms. The summed E-state index contributed by atoms with van der Waals surface area (Å²) in [4.78, 5) is 0. The van der Waals surface area contributed by atoms with Gasteiger partial charge in [0.2, 0.25) is 0 Å². The van der Waals surface area contributed by atoms with Crippen molar-refractivity contribution in [1.29, 1.82) is 0 Å². The van der Waals surface area contributed by atoms with Crippen molar-refractivity contribution < 1.29 is 4.74 Å². The molecule has 1 aliphatic rings. The zero-order valence-electron chi connectivity index (χ0n) is 10.9. The lowest BCUT2D eigenvalue weighted by molar-refractivity contribution is 0.0852. The maximum Gasteiger partial charge on any atom is 0.119 e. The smallest absolute Gasteiger partial charge is 0.119 e. The van der Waals surface area contributed by atoms with Crippen LogP contribution in [0.15, 0.2) is 24.3 Å². The Labute approximate surface area is 104 Å². The Kier molecular flexibility index (Phi) is 4.43. The van der Waals surface area contributed by atoms with Gasteiger partial charge in [0.25, 0.3) is 0 Å². The molecular weight excluding hydrogens is 210 g/mol. The Hall–Kier alpha value is -1.02. The summed E-state index contributed by atoms with van der Waals surface area (Å²) in [5.41, 5.74) is 1.37. The van der Waals surface area contributed by atoms with Crippen molar-refractivity contribution >= 4 is 0 Å². The third-order valence-corrected chi connectivity index (χ3v) is 3.41. The Morgan fingerprint density at radius 2 is 1.88 bits per heavy atom. The van der Waals surface area contributed by atoms with Crippen LogP contribution >= 0.6 is 0 Å². The van der Waals surface area contributed by atoms with Crippen molar-refractivity contribution in [2.75, 3.05) is 6.54 Å². The molecule has 0 saturated heterocycles. The fourth-order valence-corrected chi connectivity index (χ4v) is 2.17. The summed E-state index contributed by atoms with van der Waals surface area (Å²) in [7, 11) is 0. The maximum atomic E-state index is 5.92. The molecule has 94 valence electrons. The lowest BCUT2D eigenvalue weighted by Crippen LogP contribution is -2.46. The van der Waals surface area contributed by atoms with E-state index in [0.29, 0.717) is 12.1 Å². The van der Waals surface area contributed by atoms with Crippen LogP contribution in [0.1, 0.15) is 38.7 Å². The van der Waals surface area contributed by atoms with E-state index in [1.54, 1.807) is 0 Å². The quantitative estimate of drug-likeness (QED) is 0.815. The minimum atomic E-state index is 0.414. The molecule has 0 bridgehead atoms. The van der Waals surface area contributed by atoms with Gasteiger partial charge in [0.1, 0.15) is 11.9 Å². The van der Waals surface area contributed by atoms with E-state index in [1.165, 1.54) is 12.0 Å². The highest BCUT2D eigenvalue weighted by atomic mass is 16.5. The summed E-state index contributed by atoms with van der Waals surface area (Å²) in [5, 5.41) is 3.52. The predicted octanol–water partition coefficient (Wildman–Crippen LogP) is 3.16. The monoisotopic (exact) mass is 233 g/mol. The Morgan fingerprint density at radius 3 is 2.47 bits per heavy atom. The highest BCUT2D eigenvalue weighted by Gasteiger charge is 2.29. The highest BCUT2D eigenvalue weighted by Crippen LogP contribution is 2.26. The van der Waals surface area contributed by atoms with Crippen LogP contribution in [0, 0.1) is 0 Å². The Bertz CT molecular complexity index is 327. The van der Waals surface area contributed by atoms with Gasteiger partial charge in [-0.25, -0.2) is 0 Å². The molecule has 1 aliphatic carbocycles. The van der Waals surface area contributed by atoms with Gasteiger partial charge in [-0.3, -0.25) is 0 Å². The number of ether oxygens (including phenoxy) is 1. The molecule has 0 aromatic heterocycles. The topological polar surface area (TPSA) is 21.3 Å². The number of hydrogen-bond donors (Lipinski definition) is 1. The van der Waals surface area contributed by atoms with E-state index in [9.17, 15) is 0 Å². The summed E-state index contributed by atoms with van der Waals surface area (Å²) in [5.74, 6) is 1.01. The molecule has 2 rings (SSSR count). The van der Waals surface area contributed by atoms with Crippen LogP contribution in [0.3, 0.4) is 0 Å². The van der Waals surface area contributed by atoms with Gasteiger partial charge < -0.3 is 10.1 Å². The zero-order valence-corrected chi connectivity index (χ0v) is 10.9. The third-order valence-electron chi connectivity index (χ3n) is 3.41. The first-order chi connectivity index (χ1) is 8.31. The summed E-state index contributed by atoms with van der Waals surface area (Å²) in [6, 6.07) is 9.16. The molecule has 2 nitrogen and oxygen atoms in total. The van der Waals surface area contributed by atoms with Crippen molar-refractivity contribution in [3.8, 4) is 5.75 Å². The number of nitrogens with one attached hydrogen (secondary N) is 1. The molecule has 0 amide bonds. The second-order valence-electron chi connectivity index (χ2n) is 4.86. The van der Waals surface area contributed by atoms with Crippen LogP contribution in [0.25, 0.3) is 0 Å². The predicted molar refractivity (Wildman–Crippen MR) is 71.6 cm³/mol. The lowest BCUT2D eigenvalue weighted by Gasteiger charge is -2.36. The molecular formula is C15H23NO. The van der Waals surface area contributed by atoms with Crippen molar-refractivity contribution in [3.63, 3.8) is 0 Å². The first-order valence-electron chi connectivity index (χ1n) is 6.80. The largest absolute Gasteiger partial charge is 0.490 e. The molecule has 0 aliphatic heterocycles. The second-order valence-corrected chi connectivity index (χ2v) is 4.86. The lowest BCUT2D eigenvalue weighted by atomic mass is 9.89. The maximum absolute atomic E-state index is 5.92. The van der Waals surface area contributed by atoms with Crippen molar-refractivity contribution in [3.05, 3.63) is 29.8 Å². The SMILES string of the molecule is CCCNC1CC(Oc2ccc(CC)cc2)C1. The molecule has 17 heavy (non-hydrogen) atoms. The van der Waals surface area contributed by atoms with E-state index in [4.69, 9.17) is 4.74 Å². The highest BCUT2D eigenvalue weighted by molar-refractivity contribution is 5.27. The average molecular weight is 233 g/mol. The van der Waals surface area contributed by atoms with E-state index in [-0.39, 0.29) is 0 Å². The first kappa shape index (κ1) is 12.4. The molecule has 0 radical (unpaired) electrons.